The lowest BCUT2D eigenvalue weighted by Gasteiger charge is -2.23. The molecule has 1 N–H and O–H groups in total. The summed E-state index contributed by atoms with van der Waals surface area (Å²) in [6.45, 7) is 1.81. The van der Waals surface area contributed by atoms with Crippen molar-refractivity contribution in [3.8, 4) is 0 Å². The van der Waals surface area contributed by atoms with Crippen LogP contribution in [0.1, 0.15) is 18.1 Å². The Morgan fingerprint density at radius 3 is 2.76 bits per heavy atom. The smallest absolute Gasteiger partial charge is 0.0923 e. The summed E-state index contributed by atoms with van der Waals surface area (Å²) in [4.78, 5) is 4.04. The first kappa shape index (κ1) is 12.3. The van der Waals surface area contributed by atoms with Crippen molar-refractivity contribution in [1.82, 2.24) is 4.98 Å². The normalized spacial score (nSPS) is 14.3. The molecule has 1 heterocycles. The highest BCUT2D eigenvalue weighted by Crippen LogP contribution is 2.25. The van der Waals surface area contributed by atoms with E-state index in [-0.39, 0.29) is 0 Å². The summed E-state index contributed by atoms with van der Waals surface area (Å²) in [7, 11) is 0. The Hall–Kier alpha value is -1.19. The number of rotatable bonds is 3. The molecule has 0 aliphatic rings. The van der Waals surface area contributed by atoms with Crippen LogP contribution >= 0.6 is 15.9 Å². The molecule has 0 aliphatic heterocycles. The Balaban J connectivity index is 2.23. The second-order valence-corrected chi connectivity index (χ2v) is 5.24. The minimum Gasteiger partial charge on any atom is -0.385 e. The lowest BCUT2D eigenvalue weighted by Crippen LogP contribution is -2.24. The van der Waals surface area contributed by atoms with Crippen LogP contribution in [0.15, 0.2) is 53.3 Å². The molecule has 1 unspecified atom stereocenters. The zero-order valence-corrected chi connectivity index (χ0v) is 11.2. The highest BCUT2D eigenvalue weighted by Gasteiger charge is 2.23. The van der Waals surface area contributed by atoms with E-state index in [1.165, 1.54) is 0 Å². The van der Waals surface area contributed by atoms with E-state index in [1.807, 2.05) is 43.3 Å². The van der Waals surface area contributed by atoms with Gasteiger partial charge in [-0.15, -0.1) is 0 Å². The Labute approximate surface area is 109 Å². The molecule has 3 heteroatoms. The molecule has 2 rings (SSSR count). The molecule has 0 spiro atoms. The molecule has 0 amide bonds. The number of aromatic nitrogens is 1. The Bertz CT molecular complexity index is 497. The molecule has 0 saturated carbocycles. The van der Waals surface area contributed by atoms with Gasteiger partial charge < -0.3 is 5.11 Å². The molecule has 0 saturated heterocycles. The zero-order chi connectivity index (χ0) is 12.3. The maximum Gasteiger partial charge on any atom is 0.0923 e. The molecule has 0 radical (unpaired) electrons. The molecular formula is C14H14BrNO. The number of hydrogen-bond acceptors (Lipinski definition) is 2. The van der Waals surface area contributed by atoms with Crippen LogP contribution in [-0.2, 0) is 12.0 Å². The molecule has 17 heavy (non-hydrogen) atoms. The lowest BCUT2D eigenvalue weighted by molar-refractivity contribution is 0.0572. The van der Waals surface area contributed by atoms with Crippen molar-refractivity contribution in [1.29, 1.82) is 0 Å². The van der Waals surface area contributed by atoms with Crippen molar-refractivity contribution in [3.05, 3.63) is 64.4 Å². The topological polar surface area (TPSA) is 33.1 Å². The van der Waals surface area contributed by atoms with Crippen LogP contribution < -0.4 is 0 Å². The van der Waals surface area contributed by atoms with Gasteiger partial charge in [-0.25, -0.2) is 0 Å². The molecule has 1 aromatic heterocycles. The van der Waals surface area contributed by atoms with Crippen molar-refractivity contribution in [2.75, 3.05) is 0 Å². The van der Waals surface area contributed by atoms with Crippen molar-refractivity contribution in [3.63, 3.8) is 0 Å². The van der Waals surface area contributed by atoms with E-state index >= 15 is 0 Å². The third-order valence-corrected chi connectivity index (χ3v) is 3.21. The lowest BCUT2D eigenvalue weighted by atomic mass is 9.90. The van der Waals surface area contributed by atoms with Crippen LogP contribution in [0.3, 0.4) is 0 Å². The minimum absolute atomic E-state index is 0.568. The van der Waals surface area contributed by atoms with Crippen LogP contribution in [0.4, 0.5) is 0 Å². The van der Waals surface area contributed by atoms with Gasteiger partial charge in [-0.3, -0.25) is 4.98 Å². The summed E-state index contributed by atoms with van der Waals surface area (Å²) in [5.74, 6) is 0. The van der Waals surface area contributed by atoms with Gasteiger partial charge >= 0.3 is 0 Å². The van der Waals surface area contributed by atoms with Crippen LogP contribution in [-0.4, -0.2) is 10.1 Å². The maximum atomic E-state index is 10.5. The highest BCUT2D eigenvalue weighted by molar-refractivity contribution is 9.10. The quantitative estimate of drug-likeness (QED) is 0.941. The van der Waals surface area contributed by atoms with Crippen LogP contribution in [0.2, 0.25) is 0 Å². The van der Waals surface area contributed by atoms with E-state index in [0.717, 1.165) is 15.6 Å². The second kappa shape index (κ2) is 4.98. The number of nitrogens with zero attached hydrogens (tertiary/aromatic N) is 1. The van der Waals surface area contributed by atoms with Gasteiger partial charge in [0.1, 0.15) is 0 Å². The standard InChI is InChI=1S/C14H14BrNO/c1-14(17,12-5-3-7-16-10-12)9-11-4-2-6-13(15)8-11/h2-8,10,17H,9H2,1H3. The van der Waals surface area contributed by atoms with E-state index in [0.29, 0.717) is 6.42 Å². The first-order valence-corrected chi connectivity index (χ1v) is 6.24. The molecule has 0 bridgehead atoms. The van der Waals surface area contributed by atoms with E-state index in [2.05, 4.69) is 20.9 Å². The molecule has 0 fully saturated rings. The third kappa shape index (κ3) is 3.14. The average molecular weight is 292 g/mol. The number of halogens is 1. The van der Waals surface area contributed by atoms with Gasteiger partial charge in [0.25, 0.3) is 0 Å². The number of hydrogen-bond donors (Lipinski definition) is 1. The number of pyridine rings is 1. The van der Waals surface area contributed by atoms with Crippen LogP contribution in [0.25, 0.3) is 0 Å². The Morgan fingerprint density at radius 2 is 2.12 bits per heavy atom. The first-order chi connectivity index (χ1) is 8.08. The van der Waals surface area contributed by atoms with Gasteiger partial charge in [0, 0.05) is 28.9 Å². The fourth-order valence-electron chi connectivity index (χ4n) is 1.83. The summed E-state index contributed by atoms with van der Waals surface area (Å²) >= 11 is 3.43. The maximum absolute atomic E-state index is 10.5. The Morgan fingerprint density at radius 1 is 1.29 bits per heavy atom. The van der Waals surface area contributed by atoms with Crippen molar-refractivity contribution in [2.45, 2.75) is 18.9 Å². The van der Waals surface area contributed by atoms with E-state index in [1.54, 1.807) is 12.4 Å². The molecular weight excluding hydrogens is 278 g/mol. The van der Waals surface area contributed by atoms with Crippen molar-refractivity contribution < 1.29 is 5.11 Å². The molecule has 0 aliphatic carbocycles. The largest absolute Gasteiger partial charge is 0.385 e. The first-order valence-electron chi connectivity index (χ1n) is 5.45. The fraction of sp³-hybridized carbons (Fsp3) is 0.214. The van der Waals surface area contributed by atoms with Gasteiger partial charge in [-0.05, 0) is 30.7 Å². The summed E-state index contributed by atoms with van der Waals surface area (Å²) in [5, 5.41) is 10.5. The van der Waals surface area contributed by atoms with E-state index in [9.17, 15) is 5.11 Å². The third-order valence-electron chi connectivity index (χ3n) is 2.72. The fourth-order valence-corrected chi connectivity index (χ4v) is 2.27. The van der Waals surface area contributed by atoms with E-state index in [4.69, 9.17) is 0 Å². The zero-order valence-electron chi connectivity index (χ0n) is 9.60. The van der Waals surface area contributed by atoms with Crippen molar-refractivity contribution in [2.24, 2.45) is 0 Å². The highest BCUT2D eigenvalue weighted by atomic mass is 79.9. The van der Waals surface area contributed by atoms with Gasteiger partial charge in [-0.2, -0.15) is 0 Å². The Kier molecular flexibility index (Phi) is 3.60. The monoisotopic (exact) mass is 291 g/mol. The van der Waals surface area contributed by atoms with Gasteiger partial charge in [0.2, 0.25) is 0 Å². The predicted molar refractivity (Wildman–Crippen MR) is 71.7 cm³/mol. The average Bonchev–Trinajstić information content (AvgIpc) is 2.29. The SMILES string of the molecule is CC(O)(Cc1cccc(Br)c1)c1cccnc1. The summed E-state index contributed by atoms with van der Waals surface area (Å²) in [5.41, 5.74) is 1.03. The van der Waals surface area contributed by atoms with E-state index < -0.39 is 5.60 Å². The molecule has 1 atom stereocenters. The minimum atomic E-state index is -0.894. The van der Waals surface area contributed by atoms with Gasteiger partial charge in [-0.1, -0.05) is 34.1 Å². The number of aliphatic hydroxyl groups is 1. The van der Waals surface area contributed by atoms with Gasteiger partial charge in [0.15, 0.2) is 0 Å². The molecule has 1 aromatic carbocycles. The summed E-state index contributed by atoms with van der Waals surface area (Å²) in [6, 6.07) is 11.7. The molecule has 2 nitrogen and oxygen atoms in total. The molecule has 2 aromatic rings. The van der Waals surface area contributed by atoms with Crippen LogP contribution in [0, 0.1) is 0 Å². The predicted octanol–water partition coefficient (Wildman–Crippen LogP) is 3.29. The van der Waals surface area contributed by atoms with Crippen LogP contribution in [0.5, 0.6) is 0 Å². The summed E-state index contributed by atoms with van der Waals surface area (Å²) in [6.07, 6.45) is 3.98. The van der Waals surface area contributed by atoms with Gasteiger partial charge in [0.05, 0.1) is 5.60 Å². The summed E-state index contributed by atoms with van der Waals surface area (Å²) < 4.78 is 1.02. The number of benzene rings is 1. The van der Waals surface area contributed by atoms with Crippen molar-refractivity contribution >= 4 is 15.9 Å². The second-order valence-electron chi connectivity index (χ2n) is 4.32. The molecule has 88 valence electrons.